The average Bonchev–Trinajstić information content (AvgIpc) is 2.68. The molecule has 1 aromatic carbocycles. The van der Waals surface area contributed by atoms with E-state index in [9.17, 15) is 14.4 Å². The Bertz CT molecular complexity index is 876. The minimum Gasteiger partial charge on any atom is -0.384 e. The van der Waals surface area contributed by atoms with Gasteiger partial charge in [-0.05, 0) is 40.8 Å². The van der Waals surface area contributed by atoms with Crippen molar-refractivity contribution in [3.05, 3.63) is 54.3 Å². The van der Waals surface area contributed by atoms with Gasteiger partial charge < -0.3 is 5.73 Å². The average molecular weight is 416 g/mol. The number of fused-ring (bicyclic) bond motifs is 1. The molecule has 21 heavy (non-hydrogen) atoms. The molecular weight excluding hydrogens is 409 g/mol. The third-order valence-corrected chi connectivity index (χ3v) is 4.25. The van der Waals surface area contributed by atoms with Crippen LogP contribution in [0.2, 0.25) is 5.02 Å². The van der Waals surface area contributed by atoms with Gasteiger partial charge in [-0.1, -0.05) is 11.6 Å². The number of halogens is 2. The van der Waals surface area contributed by atoms with E-state index in [1.165, 1.54) is 4.57 Å². The number of imide groups is 1. The molecule has 0 fully saturated rings. The number of aromatic nitrogens is 1. The first-order valence-corrected chi connectivity index (χ1v) is 7.22. The summed E-state index contributed by atoms with van der Waals surface area (Å²) >= 11 is 7.98. The highest BCUT2D eigenvalue weighted by atomic mass is 127. The van der Waals surface area contributed by atoms with Crippen LogP contribution in [0, 0.1) is 3.57 Å². The monoisotopic (exact) mass is 415 g/mol. The predicted octanol–water partition coefficient (Wildman–Crippen LogP) is 1.56. The van der Waals surface area contributed by atoms with Crippen molar-refractivity contribution in [3.63, 3.8) is 0 Å². The highest BCUT2D eigenvalue weighted by Crippen LogP contribution is 2.26. The number of nitrogen functional groups attached to an aromatic ring is 1. The molecule has 0 unspecified atom stereocenters. The molecule has 0 atom stereocenters. The Labute approximate surface area is 137 Å². The van der Waals surface area contributed by atoms with Gasteiger partial charge in [0.25, 0.3) is 17.4 Å². The van der Waals surface area contributed by atoms with E-state index in [2.05, 4.69) is 5.32 Å². The number of rotatable bonds is 1. The molecule has 8 heteroatoms. The van der Waals surface area contributed by atoms with Crippen molar-refractivity contribution < 1.29 is 9.59 Å². The maximum atomic E-state index is 12.3. The van der Waals surface area contributed by atoms with Crippen LogP contribution in [-0.2, 0) is 0 Å². The van der Waals surface area contributed by atoms with Gasteiger partial charge in [-0.15, -0.1) is 0 Å². The van der Waals surface area contributed by atoms with Crippen molar-refractivity contribution in [2.75, 3.05) is 5.73 Å². The van der Waals surface area contributed by atoms with E-state index in [0.29, 0.717) is 10.7 Å². The van der Waals surface area contributed by atoms with Gasteiger partial charge in [0.05, 0.1) is 16.8 Å². The zero-order valence-corrected chi connectivity index (χ0v) is 13.2. The molecule has 0 aliphatic carbocycles. The summed E-state index contributed by atoms with van der Waals surface area (Å²) in [6.45, 7) is 0. The number of pyridine rings is 1. The largest absolute Gasteiger partial charge is 0.384 e. The van der Waals surface area contributed by atoms with Crippen molar-refractivity contribution in [3.8, 4) is 5.69 Å². The van der Waals surface area contributed by atoms with Gasteiger partial charge >= 0.3 is 0 Å². The number of nitrogens with one attached hydrogen (secondary N) is 1. The summed E-state index contributed by atoms with van der Waals surface area (Å²) in [6.07, 6.45) is 0. The van der Waals surface area contributed by atoms with Gasteiger partial charge in [-0.25, -0.2) is 0 Å². The second-order valence-electron chi connectivity index (χ2n) is 4.37. The number of nitrogens with zero attached hydrogens (tertiary/aromatic N) is 1. The van der Waals surface area contributed by atoms with Crippen LogP contribution in [0.4, 0.5) is 5.82 Å². The lowest BCUT2D eigenvalue weighted by molar-refractivity contribution is 0.0880. The van der Waals surface area contributed by atoms with Crippen LogP contribution in [0.25, 0.3) is 5.69 Å². The topological polar surface area (TPSA) is 94.2 Å². The molecule has 0 spiro atoms. The minimum absolute atomic E-state index is 0.00390. The molecule has 0 radical (unpaired) electrons. The Morgan fingerprint density at radius 2 is 1.86 bits per heavy atom. The number of nitrogens with two attached hydrogens (primary N) is 1. The van der Waals surface area contributed by atoms with Gasteiger partial charge in [-0.2, -0.15) is 0 Å². The first kappa shape index (κ1) is 14.1. The molecule has 0 saturated carbocycles. The number of hydrogen-bond donors (Lipinski definition) is 2. The molecule has 1 aliphatic heterocycles. The first-order valence-electron chi connectivity index (χ1n) is 5.77. The molecule has 1 aliphatic rings. The molecule has 2 heterocycles. The zero-order chi connectivity index (χ0) is 15.3. The first-order chi connectivity index (χ1) is 9.90. The number of anilines is 1. The van der Waals surface area contributed by atoms with E-state index in [1.54, 1.807) is 18.2 Å². The van der Waals surface area contributed by atoms with Crippen LogP contribution >= 0.6 is 34.2 Å². The summed E-state index contributed by atoms with van der Waals surface area (Å²) in [4.78, 5) is 35.6. The van der Waals surface area contributed by atoms with Crippen LogP contribution in [0.15, 0.2) is 29.1 Å². The van der Waals surface area contributed by atoms with Crippen LogP contribution in [0.5, 0.6) is 0 Å². The Hall–Kier alpha value is -1.87. The Morgan fingerprint density at radius 1 is 1.14 bits per heavy atom. The van der Waals surface area contributed by atoms with E-state index < -0.39 is 17.4 Å². The Morgan fingerprint density at radius 3 is 2.57 bits per heavy atom. The number of amides is 2. The molecule has 3 rings (SSSR count). The zero-order valence-electron chi connectivity index (χ0n) is 10.3. The molecule has 3 N–H and O–H groups in total. The Kier molecular flexibility index (Phi) is 3.25. The molecule has 106 valence electrons. The smallest absolute Gasteiger partial charge is 0.262 e. The predicted molar refractivity (Wildman–Crippen MR) is 86.0 cm³/mol. The summed E-state index contributed by atoms with van der Waals surface area (Å²) in [5, 5.41) is 2.55. The van der Waals surface area contributed by atoms with Crippen LogP contribution in [0.3, 0.4) is 0 Å². The highest BCUT2D eigenvalue weighted by molar-refractivity contribution is 14.1. The van der Waals surface area contributed by atoms with Gasteiger partial charge in [0, 0.05) is 14.7 Å². The SMILES string of the molecule is Nc1c2c(cc(=O)n1-c1cc(Cl)ccc1I)C(=O)NC2=O. The van der Waals surface area contributed by atoms with Crippen molar-refractivity contribution in [2.24, 2.45) is 0 Å². The fraction of sp³-hybridized carbons (Fsp3) is 0. The second kappa shape index (κ2) is 4.85. The van der Waals surface area contributed by atoms with Crippen LogP contribution < -0.4 is 16.6 Å². The molecule has 6 nitrogen and oxygen atoms in total. The lowest BCUT2D eigenvalue weighted by Crippen LogP contribution is -2.24. The highest BCUT2D eigenvalue weighted by Gasteiger charge is 2.32. The minimum atomic E-state index is -0.619. The molecule has 0 bridgehead atoms. The normalized spacial score (nSPS) is 13.2. The summed E-state index contributed by atoms with van der Waals surface area (Å²) in [5.41, 5.74) is 5.90. The van der Waals surface area contributed by atoms with E-state index in [1.807, 2.05) is 22.6 Å². The van der Waals surface area contributed by atoms with E-state index in [-0.39, 0.29) is 16.9 Å². The third kappa shape index (κ3) is 2.12. The molecular formula is C13H7ClIN3O3. The van der Waals surface area contributed by atoms with Crippen molar-refractivity contribution in [1.82, 2.24) is 9.88 Å². The number of carbonyl (C=O) groups excluding carboxylic acids is 2. The van der Waals surface area contributed by atoms with Gasteiger partial charge in [0.1, 0.15) is 5.82 Å². The molecule has 0 saturated heterocycles. The van der Waals surface area contributed by atoms with Gasteiger partial charge in [-0.3, -0.25) is 24.3 Å². The van der Waals surface area contributed by atoms with E-state index >= 15 is 0 Å². The van der Waals surface area contributed by atoms with Crippen LogP contribution in [0.1, 0.15) is 20.7 Å². The third-order valence-electron chi connectivity index (χ3n) is 3.10. The van der Waals surface area contributed by atoms with Crippen LogP contribution in [-0.4, -0.2) is 16.4 Å². The van der Waals surface area contributed by atoms with Gasteiger partial charge in [0.2, 0.25) is 0 Å². The summed E-state index contributed by atoms with van der Waals surface area (Å²) in [7, 11) is 0. The maximum Gasteiger partial charge on any atom is 0.262 e. The fourth-order valence-electron chi connectivity index (χ4n) is 2.19. The standard InChI is InChI=1S/C13H7ClIN3O3/c14-5-1-2-7(15)8(3-5)18-9(19)4-6-10(11(18)16)13(21)17-12(6)20/h1-4H,16H2,(H,17,20,21). The van der Waals surface area contributed by atoms with E-state index in [0.717, 1.165) is 9.64 Å². The molecule has 2 aromatic rings. The van der Waals surface area contributed by atoms with Gasteiger partial charge in [0.15, 0.2) is 0 Å². The summed E-state index contributed by atoms with van der Waals surface area (Å²) in [6, 6.07) is 6.07. The Balaban J connectivity index is 2.38. The van der Waals surface area contributed by atoms with E-state index in [4.69, 9.17) is 17.3 Å². The second-order valence-corrected chi connectivity index (χ2v) is 5.97. The number of carbonyl (C=O) groups is 2. The van der Waals surface area contributed by atoms with Crippen molar-refractivity contribution in [1.29, 1.82) is 0 Å². The number of hydrogen-bond acceptors (Lipinski definition) is 4. The lowest BCUT2D eigenvalue weighted by Gasteiger charge is -2.13. The van der Waals surface area contributed by atoms with Crippen molar-refractivity contribution >= 4 is 51.8 Å². The molecule has 1 aromatic heterocycles. The molecule has 2 amide bonds. The quantitative estimate of drug-likeness (QED) is 0.546. The number of benzene rings is 1. The van der Waals surface area contributed by atoms with Crippen molar-refractivity contribution in [2.45, 2.75) is 0 Å². The maximum absolute atomic E-state index is 12.3. The summed E-state index contributed by atoms with van der Waals surface area (Å²) in [5.74, 6) is -1.31. The fourth-order valence-corrected chi connectivity index (χ4v) is 2.93. The lowest BCUT2D eigenvalue weighted by atomic mass is 10.1. The summed E-state index contributed by atoms with van der Waals surface area (Å²) < 4.78 is 1.90.